The fourth-order valence-electron chi connectivity index (χ4n) is 3.04. The largest absolute Gasteiger partial charge is 0.379 e. The molecule has 1 amide bonds. The third-order valence-corrected chi connectivity index (χ3v) is 4.74. The first kappa shape index (κ1) is 20.7. The number of halogens is 1. The number of rotatable bonds is 8. The Hall–Kier alpha value is -1.65. The van der Waals surface area contributed by atoms with Gasteiger partial charge in [-0.15, -0.1) is 0 Å². The van der Waals surface area contributed by atoms with Crippen molar-refractivity contribution in [1.82, 2.24) is 9.80 Å². The van der Waals surface area contributed by atoms with Crippen LogP contribution >= 0.6 is 11.6 Å². The van der Waals surface area contributed by atoms with Crippen molar-refractivity contribution in [3.05, 3.63) is 28.3 Å². The summed E-state index contributed by atoms with van der Waals surface area (Å²) < 4.78 is 5.36. The van der Waals surface area contributed by atoms with Gasteiger partial charge in [0.1, 0.15) is 0 Å². The molecular weight excluding hydrogens is 352 g/mol. The first-order chi connectivity index (χ1) is 12.5. The van der Waals surface area contributed by atoms with Crippen molar-refractivity contribution in [2.24, 2.45) is 0 Å². The lowest BCUT2D eigenvalue weighted by Crippen LogP contribution is -2.43. The van der Waals surface area contributed by atoms with Crippen LogP contribution in [-0.4, -0.2) is 68.2 Å². The molecule has 2 rings (SSSR count). The number of hydrogen-bond donors (Lipinski definition) is 1. The molecule has 1 N–H and O–H groups in total. The number of nitrogens with one attached hydrogen (secondary N) is 1. The van der Waals surface area contributed by atoms with Gasteiger partial charge in [-0.3, -0.25) is 14.6 Å². The summed E-state index contributed by atoms with van der Waals surface area (Å²) in [6, 6.07) is 5.99. The van der Waals surface area contributed by atoms with Gasteiger partial charge >= 0.3 is 0 Å². The molecule has 26 heavy (non-hydrogen) atoms. The molecule has 0 unspecified atom stereocenters. The van der Waals surface area contributed by atoms with Crippen LogP contribution in [0.25, 0.3) is 0 Å². The molecule has 0 aromatic heterocycles. The topological polar surface area (TPSA) is 68.6 Å². The smallest absolute Gasteiger partial charge is 0.238 e. The number of ether oxygens (including phenoxy) is 1. The molecule has 0 saturated carbocycles. The van der Waals surface area contributed by atoms with E-state index in [-0.39, 0.29) is 12.5 Å². The molecule has 1 fully saturated rings. The number of anilines is 1. The van der Waals surface area contributed by atoms with E-state index in [0.29, 0.717) is 23.7 Å². The van der Waals surface area contributed by atoms with E-state index in [0.717, 1.165) is 50.5 Å². The maximum Gasteiger partial charge on any atom is 0.238 e. The summed E-state index contributed by atoms with van der Waals surface area (Å²) in [4.78, 5) is 16.8. The second-order valence-electron chi connectivity index (χ2n) is 6.63. The molecule has 1 aliphatic heterocycles. The lowest BCUT2D eigenvalue weighted by molar-refractivity contribution is -0.117. The highest BCUT2D eigenvalue weighted by molar-refractivity contribution is 6.34. The van der Waals surface area contributed by atoms with Crippen LogP contribution in [0.1, 0.15) is 17.5 Å². The monoisotopic (exact) mass is 378 g/mol. The van der Waals surface area contributed by atoms with Gasteiger partial charge in [-0.2, -0.15) is 5.26 Å². The highest BCUT2D eigenvalue weighted by atomic mass is 35.5. The molecular formula is C19H27ClN4O2. The highest BCUT2D eigenvalue weighted by Crippen LogP contribution is 2.27. The maximum absolute atomic E-state index is 12.5. The Morgan fingerprint density at radius 1 is 1.35 bits per heavy atom. The number of aryl methyl sites for hydroxylation is 2. The van der Waals surface area contributed by atoms with Crippen LogP contribution in [-0.2, 0) is 9.53 Å². The van der Waals surface area contributed by atoms with Gasteiger partial charge < -0.3 is 10.1 Å². The van der Waals surface area contributed by atoms with Gasteiger partial charge in [0.05, 0.1) is 36.5 Å². The van der Waals surface area contributed by atoms with Crippen LogP contribution < -0.4 is 5.32 Å². The van der Waals surface area contributed by atoms with Crippen LogP contribution in [0.5, 0.6) is 0 Å². The number of carbonyl (C=O) groups excluding carboxylic acids is 1. The van der Waals surface area contributed by atoms with Crippen molar-refractivity contribution >= 4 is 23.2 Å². The Labute approximate surface area is 160 Å². The number of amides is 1. The average Bonchev–Trinajstić information content (AvgIpc) is 2.61. The summed E-state index contributed by atoms with van der Waals surface area (Å²) in [5.41, 5.74) is 2.67. The zero-order chi connectivity index (χ0) is 18.9. The van der Waals surface area contributed by atoms with Crippen LogP contribution in [0.15, 0.2) is 12.1 Å². The second-order valence-corrected chi connectivity index (χ2v) is 7.03. The van der Waals surface area contributed by atoms with Gasteiger partial charge in [-0.1, -0.05) is 17.7 Å². The minimum absolute atomic E-state index is 0.112. The van der Waals surface area contributed by atoms with E-state index in [1.165, 1.54) is 0 Å². The van der Waals surface area contributed by atoms with Gasteiger partial charge in [0, 0.05) is 39.1 Å². The average molecular weight is 379 g/mol. The summed E-state index contributed by atoms with van der Waals surface area (Å²) in [6.45, 7) is 9.67. The first-order valence-electron chi connectivity index (χ1n) is 8.95. The SMILES string of the molecule is Cc1cc(C)c(NC(=O)CN(CCC#N)CCN2CCOCC2)c(Cl)c1. The molecule has 7 heteroatoms. The van der Waals surface area contributed by atoms with Crippen LogP contribution in [0, 0.1) is 25.2 Å². The summed E-state index contributed by atoms with van der Waals surface area (Å²) in [6.07, 6.45) is 0.403. The normalized spacial score (nSPS) is 15.0. The van der Waals surface area contributed by atoms with Gasteiger partial charge in [0.15, 0.2) is 0 Å². The van der Waals surface area contributed by atoms with E-state index in [9.17, 15) is 4.79 Å². The first-order valence-corrected chi connectivity index (χ1v) is 9.33. The molecule has 1 aromatic rings. The van der Waals surface area contributed by atoms with E-state index < -0.39 is 0 Å². The minimum atomic E-state index is -0.112. The molecule has 1 aliphatic rings. The molecule has 142 valence electrons. The minimum Gasteiger partial charge on any atom is -0.379 e. The van der Waals surface area contributed by atoms with Crippen molar-refractivity contribution in [2.75, 3.05) is 57.8 Å². The van der Waals surface area contributed by atoms with Crippen molar-refractivity contribution in [3.8, 4) is 6.07 Å². The summed E-state index contributed by atoms with van der Waals surface area (Å²) >= 11 is 6.27. The summed E-state index contributed by atoms with van der Waals surface area (Å²) in [5.74, 6) is -0.112. The van der Waals surface area contributed by atoms with E-state index in [1.807, 2.05) is 30.9 Å². The van der Waals surface area contributed by atoms with Gasteiger partial charge in [-0.25, -0.2) is 0 Å². The molecule has 6 nitrogen and oxygen atoms in total. The van der Waals surface area contributed by atoms with Crippen molar-refractivity contribution in [3.63, 3.8) is 0 Å². The fourth-order valence-corrected chi connectivity index (χ4v) is 3.41. The summed E-state index contributed by atoms with van der Waals surface area (Å²) in [7, 11) is 0. The Morgan fingerprint density at radius 2 is 2.08 bits per heavy atom. The lowest BCUT2D eigenvalue weighted by Gasteiger charge is -2.29. The zero-order valence-electron chi connectivity index (χ0n) is 15.6. The zero-order valence-corrected chi connectivity index (χ0v) is 16.3. The molecule has 0 bridgehead atoms. The molecule has 1 saturated heterocycles. The molecule has 0 aliphatic carbocycles. The fraction of sp³-hybridized carbons (Fsp3) is 0.579. The van der Waals surface area contributed by atoms with Crippen LogP contribution in [0.3, 0.4) is 0 Å². The predicted octanol–water partition coefficient (Wildman–Crippen LogP) is 2.44. The van der Waals surface area contributed by atoms with E-state index in [4.69, 9.17) is 21.6 Å². The summed E-state index contributed by atoms with van der Waals surface area (Å²) in [5, 5.41) is 12.3. The van der Waals surface area contributed by atoms with Crippen LogP contribution in [0.4, 0.5) is 5.69 Å². The van der Waals surface area contributed by atoms with Crippen LogP contribution in [0.2, 0.25) is 5.02 Å². The van der Waals surface area contributed by atoms with E-state index in [2.05, 4.69) is 16.3 Å². The highest BCUT2D eigenvalue weighted by Gasteiger charge is 2.16. The Balaban J connectivity index is 1.91. The quantitative estimate of drug-likeness (QED) is 0.752. The predicted molar refractivity (Wildman–Crippen MR) is 103 cm³/mol. The molecule has 1 aromatic carbocycles. The molecule has 0 spiro atoms. The van der Waals surface area contributed by atoms with E-state index >= 15 is 0 Å². The lowest BCUT2D eigenvalue weighted by atomic mass is 10.1. The number of benzene rings is 1. The molecule has 0 atom stereocenters. The molecule has 1 heterocycles. The number of nitrogens with zero attached hydrogens (tertiary/aromatic N) is 3. The standard InChI is InChI=1S/C19H27ClN4O2/c1-15-12-16(2)19(17(20)13-15)22-18(25)14-24(5-3-4-21)7-6-23-8-10-26-11-9-23/h12-13H,3,5-11,14H2,1-2H3,(H,22,25). The maximum atomic E-state index is 12.5. The third kappa shape index (κ3) is 6.58. The Morgan fingerprint density at radius 3 is 2.73 bits per heavy atom. The van der Waals surface area contributed by atoms with Crippen molar-refractivity contribution in [1.29, 1.82) is 5.26 Å². The van der Waals surface area contributed by atoms with Crippen molar-refractivity contribution < 1.29 is 9.53 Å². The number of nitriles is 1. The Bertz CT molecular complexity index is 630. The van der Waals surface area contributed by atoms with E-state index in [1.54, 1.807) is 0 Å². The third-order valence-electron chi connectivity index (χ3n) is 4.44. The van der Waals surface area contributed by atoms with Gasteiger partial charge in [0.25, 0.3) is 0 Å². The second kappa shape index (κ2) is 10.5. The molecule has 0 radical (unpaired) electrons. The van der Waals surface area contributed by atoms with Gasteiger partial charge in [0.2, 0.25) is 5.91 Å². The number of morpholine rings is 1. The van der Waals surface area contributed by atoms with Crippen molar-refractivity contribution in [2.45, 2.75) is 20.3 Å². The van der Waals surface area contributed by atoms with Gasteiger partial charge in [-0.05, 0) is 31.0 Å². The number of hydrogen-bond acceptors (Lipinski definition) is 5. The Kier molecular flexibility index (Phi) is 8.33. The number of carbonyl (C=O) groups is 1.